The monoisotopic (exact) mass is 464 g/mol. The smallest absolute Gasteiger partial charge is 0.275 e. The average Bonchev–Trinajstić information content (AvgIpc) is 3.46. The first-order valence-corrected chi connectivity index (χ1v) is 11.7. The zero-order valence-electron chi connectivity index (χ0n) is 19.9. The maximum Gasteiger partial charge on any atom is 0.275 e. The van der Waals surface area contributed by atoms with E-state index in [1.165, 1.54) is 0 Å². The highest BCUT2D eigenvalue weighted by Gasteiger charge is 2.38. The van der Waals surface area contributed by atoms with E-state index in [1.807, 2.05) is 26.8 Å². The van der Waals surface area contributed by atoms with Crippen molar-refractivity contribution >= 4 is 5.91 Å². The molecule has 3 atom stereocenters. The highest BCUT2D eigenvalue weighted by molar-refractivity contribution is 5.93. The molecular formula is C26H29FN4O3. The molecule has 3 unspecified atom stereocenters. The summed E-state index contributed by atoms with van der Waals surface area (Å²) in [6, 6.07) is 6.67. The second-order valence-corrected chi connectivity index (χ2v) is 9.42. The number of nitrogens with zero attached hydrogens (tertiary/aromatic N) is 4. The van der Waals surface area contributed by atoms with Gasteiger partial charge in [0.05, 0.1) is 30.3 Å². The minimum Gasteiger partial charge on any atom is -0.368 e. The molecule has 3 aromatic rings. The van der Waals surface area contributed by atoms with Gasteiger partial charge in [0.2, 0.25) is 0 Å². The van der Waals surface area contributed by atoms with Crippen molar-refractivity contribution in [2.75, 3.05) is 6.54 Å². The van der Waals surface area contributed by atoms with E-state index >= 15 is 0 Å². The first-order chi connectivity index (χ1) is 16.2. The topological polar surface area (TPSA) is 69.4 Å². The van der Waals surface area contributed by atoms with Crippen molar-refractivity contribution in [3.8, 4) is 5.69 Å². The van der Waals surface area contributed by atoms with Gasteiger partial charge in [0.1, 0.15) is 17.2 Å². The van der Waals surface area contributed by atoms with Crippen molar-refractivity contribution in [2.24, 2.45) is 0 Å². The van der Waals surface area contributed by atoms with Crippen LogP contribution in [0.3, 0.4) is 0 Å². The Morgan fingerprint density at radius 2 is 1.88 bits per heavy atom. The maximum atomic E-state index is 14.2. The summed E-state index contributed by atoms with van der Waals surface area (Å²) in [7, 11) is 0. The summed E-state index contributed by atoms with van der Waals surface area (Å²) >= 11 is 0. The first kappa shape index (κ1) is 22.5. The zero-order valence-corrected chi connectivity index (χ0v) is 19.9. The summed E-state index contributed by atoms with van der Waals surface area (Å²) in [6.45, 7) is 8.44. The molecular weight excluding hydrogens is 435 g/mol. The first-order valence-electron chi connectivity index (χ1n) is 11.7. The molecule has 1 fully saturated rings. The molecule has 0 N–H and O–H groups in total. The molecule has 4 heterocycles. The van der Waals surface area contributed by atoms with Gasteiger partial charge in [0.15, 0.2) is 0 Å². The summed E-state index contributed by atoms with van der Waals surface area (Å²) in [5.74, 6) is -0.395. The second kappa shape index (κ2) is 8.51. The standard InChI is InChI=1S/C26H29FN4O3/c1-15-11-16(2)20(27)12-19(15)24-8-7-23(34-24)18(4)30-9-10-31-22(26(30)33)6-5-21(25(31)32)29-13-17(3)28-14-29/h5-6,11-14,18,23-24H,7-10H2,1-4H3. The predicted molar refractivity (Wildman–Crippen MR) is 126 cm³/mol. The molecule has 1 saturated heterocycles. The van der Waals surface area contributed by atoms with Crippen LogP contribution in [0.4, 0.5) is 4.39 Å². The number of halogens is 1. The Hall–Kier alpha value is -3.26. The molecule has 0 bridgehead atoms. The average molecular weight is 465 g/mol. The molecule has 8 heteroatoms. The summed E-state index contributed by atoms with van der Waals surface area (Å²) in [5.41, 5.74) is 3.99. The highest BCUT2D eigenvalue weighted by atomic mass is 19.1. The Bertz CT molecular complexity index is 1330. The molecule has 1 amide bonds. The van der Waals surface area contributed by atoms with Gasteiger partial charge >= 0.3 is 0 Å². The van der Waals surface area contributed by atoms with Crippen molar-refractivity contribution in [3.05, 3.63) is 81.0 Å². The molecule has 178 valence electrons. The largest absolute Gasteiger partial charge is 0.368 e. The number of aryl methyl sites for hydroxylation is 3. The van der Waals surface area contributed by atoms with E-state index in [-0.39, 0.29) is 35.5 Å². The SMILES string of the molecule is Cc1cn(-c2ccc3n(c2=O)CCN(C(C)C2CCC(c4cc(F)c(C)cc4C)O2)C3=O)cn1. The maximum absolute atomic E-state index is 14.2. The minimum absolute atomic E-state index is 0.149. The van der Waals surface area contributed by atoms with Crippen molar-refractivity contribution in [2.45, 2.75) is 65.3 Å². The summed E-state index contributed by atoms with van der Waals surface area (Å²) in [6.07, 6.45) is 4.63. The number of imidazole rings is 1. The van der Waals surface area contributed by atoms with Crippen LogP contribution in [0.15, 0.2) is 41.6 Å². The molecule has 5 rings (SSSR count). The van der Waals surface area contributed by atoms with E-state index < -0.39 is 0 Å². The lowest BCUT2D eigenvalue weighted by molar-refractivity contribution is -0.00916. The van der Waals surface area contributed by atoms with E-state index in [2.05, 4.69) is 4.98 Å². The Labute approximate surface area is 197 Å². The third kappa shape index (κ3) is 3.76. The molecule has 0 spiro atoms. The van der Waals surface area contributed by atoms with Gasteiger partial charge in [0.25, 0.3) is 11.5 Å². The molecule has 0 aliphatic carbocycles. The zero-order chi connectivity index (χ0) is 24.1. The Morgan fingerprint density at radius 1 is 1.09 bits per heavy atom. The number of hydrogen-bond donors (Lipinski definition) is 0. The fraction of sp³-hybridized carbons (Fsp3) is 0.423. The molecule has 0 saturated carbocycles. The number of carbonyl (C=O) groups excluding carboxylic acids is 1. The highest BCUT2D eigenvalue weighted by Crippen LogP contribution is 2.37. The number of fused-ring (bicyclic) bond motifs is 1. The summed E-state index contributed by atoms with van der Waals surface area (Å²) in [4.78, 5) is 32.4. The van der Waals surface area contributed by atoms with Crippen LogP contribution in [-0.2, 0) is 11.3 Å². The predicted octanol–water partition coefficient (Wildman–Crippen LogP) is 3.86. The summed E-state index contributed by atoms with van der Waals surface area (Å²) in [5, 5.41) is 0. The Morgan fingerprint density at radius 3 is 2.62 bits per heavy atom. The number of amides is 1. The lowest BCUT2D eigenvalue weighted by atomic mass is 9.98. The quantitative estimate of drug-likeness (QED) is 0.588. The molecule has 2 aliphatic rings. The van der Waals surface area contributed by atoms with Gasteiger partial charge in [-0.15, -0.1) is 0 Å². The van der Waals surface area contributed by atoms with Crippen molar-refractivity contribution in [1.82, 2.24) is 19.0 Å². The lowest BCUT2D eigenvalue weighted by Crippen LogP contribution is -2.52. The number of ether oxygens (including phenoxy) is 1. The fourth-order valence-electron chi connectivity index (χ4n) is 5.21. The molecule has 0 radical (unpaired) electrons. The van der Waals surface area contributed by atoms with Crippen molar-refractivity contribution in [1.29, 1.82) is 0 Å². The number of benzene rings is 1. The fourth-order valence-corrected chi connectivity index (χ4v) is 5.21. The Kier molecular flexibility index (Phi) is 5.64. The summed E-state index contributed by atoms with van der Waals surface area (Å²) < 4.78 is 23.8. The van der Waals surface area contributed by atoms with Gasteiger partial charge in [0, 0.05) is 19.3 Å². The van der Waals surface area contributed by atoms with E-state index in [1.54, 1.807) is 51.7 Å². The Balaban J connectivity index is 1.34. The number of hydrogen-bond acceptors (Lipinski definition) is 4. The van der Waals surface area contributed by atoms with Crippen LogP contribution < -0.4 is 5.56 Å². The number of pyridine rings is 1. The molecule has 2 aliphatic heterocycles. The van der Waals surface area contributed by atoms with E-state index in [4.69, 9.17) is 4.74 Å². The van der Waals surface area contributed by atoms with Gasteiger partial charge < -0.3 is 18.8 Å². The van der Waals surface area contributed by atoms with Gasteiger partial charge in [-0.1, -0.05) is 6.07 Å². The van der Waals surface area contributed by atoms with Crippen LogP contribution in [0.5, 0.6) is 0 Å². The third-order valence-corrected chi connectivity index (χ3v) is 7.16. The van der Waals surface area contributed by atoms with Crippen LogP contribution in [0.1, 0.15) is 58.7 Å². The van der Waals surface area contributed by atoms with E-state index in [0.29, 0.717) is 30.0 Å². The number of rotatable bonds is 4. The number of aromatic nitrogens is 3. The third-order valence-electron chi connectivity index (χ3n) is 7.16. The molecule has 2 aromatic heterocycles. The number of carbonyl (C=O) groups is 1. The van der Waals surface area contributed by atoms with Gasteiger partial charge in [-0.3, -0.25) is 9.59 Å². The van der Waals surface area contributed by atoms with Crippen LogP contribution >= 0.6 is 0 Å². The normalized spacial score (nSPS) is 21.1. The van der Waals surface area contributed by atoms with Crippen molar-refractivity contribution < 1.29 is 13.9 Å². The molecule has 7 nitrogen and oxygen atoms in total. The second-order valence-electron chi connectivity index (χ2n) is 9.42. The van der Waals surface area contributed by atoms with Crippen LogP contribution in [-0.4, -0.2) is 43.6 Å². The van der Waals surface area contributed by atoms with Gasteiger partial charge in [-0.05, 0) is 75.4 Å². The van der Waals surface area contributed by atoms with Gasteiger partial charge in [-0.25, -0.2) is 9.37 Å². The van der Waals surface area contributed by atoms with E-state index in [0.717, 1.165) is 29.7 Å². The molecule has 1 aromatic carbocycles. The van der Waals surface area contributed by atoms with E-state index in [9.17, 15) is 14.0 Å². The van der Waals surface area contributed by atoms with Crippen LogP contribution in [0.25, 0.3) is 5.69 Å². The van der Waals surface area contributed by atoms with Crippen molar-refractivity contribution in [3.63, 3.8) is 0 Å². The van der Waals surface area contributed by atoms with Crippen LogP contribution in [0.2, 0.25) is 0 Å². The van der Waals surface area contributed by atoms with Gasteiger partial charge in [-0.2, -0.15) is 0 Å². The minimum atomic E-state index is -0.223. The van der Waals surface area contributed by atoms with Crippen LogP contribution in [0, 0.1) is 26.6 Å². The molecule has 34 heavy (non-hydrogen) atoms. The lowest BCUT2D eigenvalue weighted by Gasteiger charge is -2.37.